The highest BCUT2D eigenvalue weighted by Gasteiger charge is 2.24. The van der Waals surface area contributed by atoms with Crippen LogP contribution < -0.4 is 5.32 Å². The molecule has 0 heterocycles. The summed E-state index contributed by atoms with van der Waals surface area (Å²) >= 11 is 4.47. The Kier molecular flexibility index (Phi) is 6.63. The number of nitrogens with one attached hydrogen (secondary N) is 1. The average molecular weight is 377 g/mol. The molecular formula is C12H13BrN2O5S. The van der Waals surface area contributed by atoms with Crippen LogP contribution >= 0.6 is 27.7 Å². The van der Waals surface area contributed by atoms with E-state index in [1.54, 1.807) is 0 Å². The quantitative estimate of drug-likeness (QED) is 0.557. The van der Waals surface area contributed by atoms with Gasteiger partial charge in [-0.05, 0) is 40.4 Å². The fourth-order valence-corrected chi connectivity index (χ4v) is 2.63. The first-order valence-electron chi connectivity index (χ1n) is 5.84. The van der Waals surface area contributed by atoms with E-state index in [2.05, 4.69) is 21.2 Å². The molecule has 0 aliphatic heterocycles. The van der Waals surface area contributed by atoms with Crippen molar-refractivity contribution in [3.8, 4) is 0 Å². The van der Waals surface area contributed by atoms with Crippen LogP contribution in [-0.2, 0) is 4.79 Å². The molecule has 0 aromatic heterocycles. The summed E-state index contributed by atoms with van der Waals surface area (Å²) in [5.74, 6) is -1.23. The summed E-state index contributed by atoms with van der Waals surface area (Å²) in [7, 11) is 0. The number of carboxylic acid groups (broad SMARTS) is 1. The number of carbonyl (C=O) groups excluding carboxylic acids is 1. The number of hydrogen-bond donors (Lipinski definition) is 2. The van der Waals surface area contributed by atoms with Crippen molar-refractivity contribution in [3.05, 3.63) is 38.3 Å². The van der Waals surface area contributed by atoms with Crippen LogP contribution in [0.5, 0.6) is 0 Å². The second-order valence-corrected chi connectivity index (χ2v) is 5.82. The molecule has 0 spiro atoms. The van der Waals surface area contributed by atoms with Gasteiger partial charge in [-0.2, -0.15) is 11.8 Å². The summed E-state index contributed by atoms with van der Waals surface area (Å²) < 4.78 is 0.0292. The summed E-state index contributed by atoms with van der Waals surface area (Å²) in [6.45, 7) is 0. The van der Waals surface area contributed by atoms with Gasteiger partial charge in [-0.1, -0.05) is 6.07 Å². The Morgan fingerprint density at radius 2 is 2.19 bits per heavy atom. The van der Waals surface area contributed by atoms with Crippen molar-refractivity contribution in [2.24, 2.45) is 0 Å². The van der Waals surface area contributed by atoms with Crippen molar-refractivity contribution < 1.29 is 19.6 Å². The van der Waals surface area contributed by atoms with Gasteiger partial charge < -0.3 is 10.4 Å². The Morgan fingerprint density at radius 3 is 2.71 bits per heavy atom. The molecule has 114 valence electrons. The van der Waals surface area contributed by atoms with E-state index in [1.807, 2.05) is 6.26 Å². The van der Waals surface area contributed by atoms with E-state index in [0.717, 1.165) is 0 Å². The number of amides is 1. The molecule has 0 aliphatic carbocycles. The van der Waals surface area contributed by atoms with Gasteiger partial charge in [-0.25, -0.2) is 4.79 Å². The lowest BCUT2D eigenvalue weighted by Gasteiger charge is -2.14. The third kappa shape index (κ3) is 4.71. The standard InChI is InChI=1S/C12H13BrN2O5S/c1-21-6-5-8(12(17)18)14-11(16)7-3-2-4-9(10(7)13)15(19)20/h2-4,8H,5-6H2,1H3,(H,14,16)(H,17,18)/t8-/m1/s1. The third-order valence-corrected chi connectivity index (χ3v) is 4.11. The molecule has 0 radical (unpaired) electrons. The maximum absolute atomic E-state index is 12.1. The third-order valence-electron chi connectivity index (χ3n) is 2.63. The van der Waals surface area contributed by atoms with Crippen LogP contribution in [0, 0.1) is 10.1 Å². The molecule has 1 amide bonds. The molecule has 0 saturated heterocycles. The predicted octanol–water partition coefficient (Wildman–Crippen LogP) is 2.29. The molecule has 1 rings (SSSR count). The van der Waals surface area contributed by atoms with E-state index < -0.39 is 22.8 Å². The number of nitro benzene ring substituents is 1. The number of rotatable bonds is 7. The maximum Gasteiger partial charge on any atom is 0.326 e. The second-order valence-electron chi connectivity index (χ2n) is 4.04. The molecule has 0 aliphatic rings. The molecule has 0 fully saturated rings. The van der Waals surface area contributed by atoms with E-state index in [9.17, 15) is 19.7 Å². The van der Waals surface area contributed by atoms with E-state index in [1.165, 1.54) is 30.0 Å². The van der Waals surface area contributed by atoms with Gasteiger partial charge in [0.15, 0.2) is 0 Å². The Morgan fingerprint density at radius 1 is 1.52 bits per heavy atom. The average Bonchev–Trinajstić information content (AvgIpc) is 2.42. The number of halogens is 1. The van der Waals surface area contributed by atoms with Crippen molar-refractivity contribution in [2.75, 3.05) is 12.0 Å². The molecule has 2 N–H and O–H groups in total. The first-order valence-corrected chi connectivity index (χ1v) is 8.02. The number of nitro groups is 1. The van der Waals surface area contributed by atoms with Crippen LogP contribution in [0.15, 0.2) is 22.7 Å². The van der Waals surface area contributed by atoms with E-state index in [0.29, 0.717) is 5.75 Å². The normalized spacial score (nSPS) is 11.7. The van der Waals surface area contributed by atoms with Crippen molar-refractivity contribution in [1.29, 1.82) is 0 Å². The Balaban J connectivity index is 2.95. The van der Waals surface area contributed by atoms with Crippen molar-refractivity contribution in [3.63, 3.8) is 0 Å². The molecule has 1 aromatic rings. The number of aliphatic carboxylic acids is 1. The topological polar surface area (TPSA) is 110 Å². The van der Waals surface area contributed by atoms with Gasteiger partial charge in [0.25, 0.3) is 11.6 Å². The number of benzene rings is 1. The zero-order valence-electron chi connectivity index (χ0n) is 11.0. The number of carboxylic acids is 1. The minimum absolute atomic E-state index is 0.0274. The fraction of sp³-hybridized carbons (Fsp3) is 0.333. The zero-order valence-corrected chi connectivity index (χ0v) is 13.4. The van der Waals surface area contributed by atoms with Gasteiger partial charge in [0.1, 0.15) is 10.5 Å². The van der Waals surface area contributed by atoms with Gasteiger partial charge in [-0.3, -0.25) is 14.9 Å². The monoisotopic (exact) mass is 376 g/mol. The molecule has 0 saturated carbocycles. The minimum atomic E-state index is -1.14. The lowest BCUT2D eigenvalue weighted by atomic mass is 10.1. The smallest absolute Gasteiger partial charge is 0.326 e. The highest BCUT2D eigenvalue weighted by atomic mass is 79.9. The highest BCUT2D eigenvalue weighted by molar-refractivity contribution is 9.10. The van der Waals surface area contributed by atoms with Gasteiger partial charge in [0, 0.05) is 6.07 Å². The zero-order chi connectivity index (χ0) is 16.0. The van der Waals surface area contributed by atoms with Crippen molar-refractivity contribution in [2.45, 2.75) is 12.5 Å². The van der Waals surface area contributed by atoms with Gasteiger partial charge >= 0.3 is 5.97 Å². The fourth-order valence-electron chi connectivity index (χ4n) is 1.57. The lowest BCUT2D eigenvalue weighted by molar-refractivity contribution is -0.385. The molecule has 9 heteroatoms. The summed E-state index contributed by atoms with van der Waals surface area (Å²) in [6, 6.07) is 2.98. The Hall–Kier alpha value is -1.61. The molecule has 1 aromatic carbocycles. The van der Waals surface area contributed by atoms with Crippen molar-refractivity contribution in [1.82, 2.24) is 5.32 Å². The van der Waals surface area contributed by atoms with E-state index in [4.69, 9.17) is 5.11 Å². The summed E-state index contributed by atoms with van der Waals surface area (Å²) in [5.41, 5.74) is -0.224. The Labute approximate surface area is 133 Å². The summed E-state index contributed by atoms with van der Waals surface area (Å²) in [6.07, 6.45) is 2.10. The van der Waals surface area contributed by atoms with Crippen LogP contribution in [0.3, 0.4) is 0 Å². The maximum atomic E-state index is 12.1. The molecule has 0 bridgehead atoms. The summed E-state index contributed by atoms with van der Waals surface area (Å²) in [5, 5.41) is 22.2. The largest absolute Gasteiger partial charge is 0.480 e. The summed E-state index contributed by atoms with van der Waals surface area (Å²) in [4.78, 5) is 33.4. The molecule has 7 nitrogen and oxygen atoms in total. The Bertz CT molecular complexity index is 567. The SMILES string of the molecule is CSCC[C@@H](NC(=O)c1cccc([N+](=O)[O-])c1Br)C(=O)O. The van der Waals surface area contributed by atoms with Crippen LogP contribution in [0.4, 0.5) is 5.69 Å². The molecule has 21 heavy (non-hydrogen) atoms. The number of nitrogens with zero attached hydrogens (tertiary/aromatic N) is 1. The van der Waals surface area contributed by atoms with Gasteiger partial charge in [0.2, 0.25) is 0 Å². The van der Waals surface area contributed by atoms with E-state index in [-0.39, 0.29) is 22.1 Å². The molecular weight excluding hydrogens is 364 g/mol. The number of hydrogen-bond acceptors (Lipinski definition) is 5. The van der Waals surface area contributed by atoms with Gasteiger partial charge in [-0.15, -0.1) is 0 Å². The number of carbonyl (C=O) groups is 2. The lowest BCUT2D eigenvalue weighted by Crippen LogP contribution is -2.41. The molecule has 1 atom stereocenters. The van der Waals surface area contributed by atoms with Gasteiger partial charge in [0.05, 0.1) is 10.5 Å². The number of thioether (sulfide) groups is 1. The minimum Gasteiger partial charge on any atom is -0.480 e. The van der Waals surface area contributed by atoms with E-state index >= 15 is 0 Å². The van der Waals surface area contributed by atoms with Crippen LogP contribution in [-0.4, -0.2) is 40.0 Å². The first-order chi connectivity index (χ1) is 9.88. The first kappa shape index (κ1) is 17.4. The molecule has 0 unspecified atom stereocenters. The van der Waals surface area contributed by atoms with Crippen LogP contribution in [0.1, 0.15) is 16.8 Å². The second kappa shape index (κ2) is 7.99. The van der Waals surface area contributed by atoms with Crippen molar-refractivity contribution >= 4 is 45.3 Å². The highest BCUT2D eigenvalue weighted by Crippen LogP contribution is 2.28. The van der Waals surface area contributed by atoms with Crippen LogP contribution in [0.25, 0.3) is 0 Å². The van der Waals surface area contributed by atoms with Crippen LogP contribution in [0.2, 0.25) is 0 Å². The predicted molar refractivity (Wildman–Crippen MR) is 82.7 cm³/mol.